The maximum Gasteiger partial charge on any atom is 0.258 e. The topological polar surface area (TPSA) is 114 Å². The van der Waals surface area contributed by atoms with Crippen molar-refractivity contribution in [3.8, 4) is 5.75 Å². The van der Waals surface area contributed by atoms with Gasteiger partial charge in [-0.25, -0.2) is 4.98 Å². The van der Waals surface area contributed by atoms with E-state index in [2.05, 4.69) is 20.5 Å². The molecule has 1 aromatic heterocycles. The van der Waals surface area contributed by atoms with Crippen LogP contribution in [0.2, 0.25) is 0 Å². The van der Waals surface area contributed by atoms with E-state index in [9.17, 15) is 9.90 Å². The number of hydrogen-bond donors (Lipinski definition) is 3. The monoisotopic (exact) mass is 287 g/mol. The van der Waals surface area contributed by atoms with Gasteiger partial charge in [0.05, 0.1) is 17.1 Å². The smallest absolute Gasteiger partial charge is 0.258 e. The van der Waals surface area contributed by atoms with Crippen molar-refractivity contribution < 1.29 is 9.90 Å². The number of benzene rings is 1. The molecule has 7 heteroatoms. The molecule has 0 fully saturated rings. The van der Waals surface area contributed by atoms with Crippen molar-refractivity contribution in [1.82, 2.24) is 15.2 Å². The minimum Gasteiger partial charge on any atom is -0.506 e. The molecular weight excluding hydrogens is 270 g/mol. The first-order valence-electron chi connectivity index (χ1n) is 6.67. The molecule has 0 aliphatic carbocycles. The Kier molecular flexibility index (Phi) is 4.32. The summed E-state index contributed by atoms with van der Waals surface area (Å²) in [6, 6.07) is 4.26. The van der Waals surface area contributed by atoms with E-state index in [-0.39, 0.29) is 22.9 Å². The van der Waals surface area contributed by atoms with Gasteiger partial charge in [-0.1, -0.05) is 13.8 Å². The number of aromatic hydroxyl groups is 1. The van der Waals surface area contributed by atoms with Crippen molar-refractivity contribution in [2.24, 2.45) is 0 Å². The molecule has 7 nitrogen and oxygen atoms in total. The SMILES string of the molecule is CCc1nnc(NC(=O)c2ccc(N)c(O)c2)nc1CC. The summed E-state index contributed by atoms with van der Waals surface area (Å²) in [6.07, 6.45) is 1.45. The van der Waals surface area contributed by atoms with Crippen molar-refractivity contribution in [2.45, 2.75) is 26.7 Å². The van der Waals surface area contributed by atoms with Gasteiger partial charge in [0.2, 0.25) is 5.95 Å². The van der Waals surface area contributed by atoms with Gasteiger partial charge in [0.15, 0.2) is 0 Å². The van der Waals surface area contributed by atoms with Crippen LogP contribution in [0, 0.1) is 0 Å². The van der Waals surface area contributed by atoms with Crippen LogP contribution in [0.3, 0.4) is 0 Å². The predicted octanol–water partition coefficient (Wildman–Crippen LogP) is 1.54. The van der Waals surface area contributed by atoms with Crippen LogP contribution in [-0.2, 0) is 12.8 Å². The number of phenols is 1. The Morgan fingerprint density at radius 3 is 2.57 bits per heavy atom. The number of amides is 1. The summed E-state index contributed by atoms with van der Waals surface area (Å²) >= 11 is 0. The summed E-state index contributed by atoms with van der Waals surface area (Å²) in [4.78, 5) is 16.3. The molecule has 110 valence electrons. The first-order chi connectivity index (χ1) is 10.0. The molecule has 1 amide bonds. The van der Waals surface area contributed by atoms with Gasteiger partial charge in [0.1, 0.15) is 5.75 Å². The molecule has 0 radical (unpaired) electrons. The summed E-state index contributed by atoms with van der Waals surface area (Å²) in [5.74, 6) is -0.430. The fourth-order valence-corrected chi connectivity index (χ4v) is 1.85. The van der Waals surface area contributed by atoms with Gasteiger partial charge in [-0.3, -0.25) is 10.1 Å². The van der Waals surface area contributed by atoms with E-state index in [1.807, 2.05) is 13.8 Å². The fraction of sp³-hybridized carbons (Fsp3) is 0.286. The van der Waals surface area contributed by atoms with Crippen LogP contribution in [0.5, 0.6) is 5.75 Å². The van der Waals surface area contributed by atoms with Gasteiger partial charge in [0, 0.05) is 5.56 Å². The molecule has 21 heavy (non-hydrogen) atoms. The molecule has 2 aromatic rings. The van der Waals surface area contributed by atoms with E-state index < -0.39 is 5.91 Å². The lowest BCUT2D eigenvalue weighted by Gasteiger charge is -2.07. The highest BCUT2D eigenvalue weighted by Crippen LogP contribution is 2.21. The van der Waals surface area contributed by atoms with Crippen molar-refractivity contribution in [1.29, 1.82) is 0 Å². The van der Waals surface area contributed by atoms with E-state index in [1.165, 1.54) is 18.2 Å². The lowest BCUT2D eigenvalue weighted by molar-refractivity contribution is 0.102. The van der Waals surface area contributed by atoms with Crippen molar-refractivity contribution in [3.63, 3.8) is 0 Å². The van der Waals surface area contributed by atoms with E-state index in [1.54, 1.807) is 0 Å². The van der Waals surface area contributed by atoms with Crippen molar-refractivity contribution in [3.05, 3.63) is 35.2 Å². The first-order valence-corrected chi connectivity index (χ1v) is 6.67. The molecule has 1 aromatic carbocycles. The predicted molar refractivity (Wildman–Crippen MR) is 79.1 cm³/mol. The van der Waals surface area contributed by atoms with Gasteiger partial charge in [0.25, 0.3) is 5.91 Å². The van der Waals surface area contributed by atoms with Gasteiger partial charge < -0.3 is 10.8 Å². The third-order valence-corrected chi connectivity index (χ3v) is 3.03. The third kappa shape index (κ3) is 3.25. The first kappa shape index (κ1) is 14.7. The molecule has 0 atom stereocenters. The van der Waals surface area contributed by atoms with Gasteiger partial charge in [-0.05, 0) is 31.0 Å². The Balaban J connectivity index is 2.21. The minimum absolute atomic E-state index is 0.141. The van der Waals surface area contributed by atoms with Crippen LogP contribution in [0.15, 0.2) is 18.2 Å². The molecular formula is C14H17N5O2. The molecule has 0 saturated heterocycles. The second-order valence-corrected chi connectivity index (χ2v) is 4.46. The molecule has 0 bridgehead atoms. The number of carbonyl (C=O) groups excluding carboxylic acids is 1. The number of aromatic nitrogens is 3. The number of nitrogens with one attached hydrogen (secondary N) is 1. The Labute approximate surface area is 122 Å². The lowest BCUT2D eigenvalue weighted by Crippen LogP contribution is -2.16. The zero-order valence-electron chi connectivity index (χ0n) is 11.9. The average Bonchev–Trinajstić information content (AvgIpc) is 2.49. The summed E-state index contributed by atoms with van der Waals surface area (Å²) < 4.78 is 0. The Morgan fingerprint density at radius 2 is 1.95 bits per heavy atom. The van der Waals surface area contributed by atoms with Gasteiger partial charge in [-0.2, -0.15) is 0 Å². The van der Waals surface area contributed by atoms with E-state index in [0.29, 0.717) is 6.42 Å². The number of nitrogens with zero attached hydrogens (tertiary/aromatic N) is 3. The molecule has 1 heterocycles. The molecule has 0 spiro atoms. The highest BCUT2D eigenvalue weighted by Gasteiger charge is 2.12. The zero-order chi connectivity index (χ0) is 15.4. The van der Waals surface area contributed by atoms with E-state index >= 15 is 0 Å². The average molecular weight is 287 g/mol. The fourth-order valence-electron chi connectivity index (χ4n) is 1.85. The Hall–Kier alpha value is -2.70. The number of nitrogen functional groups attached to an aromatic ring is 1. The Morgan fingerprint density at radius 1 is 1.24 bits per heavy atom. The number of rotatable bonds is 4. The summed E-state index contributed by atoms with van der Waals surface area (Å²) in [5.41, 5.74) is 7.60. The highest BCUT2D eigenvalue weighted by molar-refractivity contribution is 6.03. The number of hydrogen-bond acceptors (Lipinski definition) is 6. The number of anilines is 2. The standard InChI is InChI=1S/C14H17N5O2/c1-3-10-11(4-2)18-19-14(16-10)17-13(21)8-5-6-9(15)12(20)7-8/h5-7,20H,3-4,15H2,1-2H3,(H,16,17,19,21). The van der Waals surface area contributed by atoms with E-state index in [0.717, 1.165) is 17.8 Å². The number of phenolic OH excluding ortho intramolecular Hbond substituents is 1. The van der Waals surface area contributed by atoms with Crippen molar-refractivity contribution in [2.75, 3.05) is 11.1 Å². The number of aryl methyl sites for hydroxylation is 2. The normalized spacial score (nSPS) is 10.4. The number of nitrogens with two attached hydrogens (primary N) is 1. The van der Waals surface area contributed by atoms with Gasteiger partial charge >= 0.3 is 0 Å². The zero-order valence-corrected chi connectivity index (χ0v) is 11.9. The van der Waals surface area contributed by atoms with Crippen LogP contribution in [0.1, 0.15) is 35.6 Å². The van der Waals surface area contributed by atoms with E-state index in [4.69, 9.17) is 5.73 Å². The quantitative estimate of drug-likeness (QED) is 0.580. The maximum absolute atomic E-state index is 12.1. The van der Waals surface area contributed by atoms with Crippen LogP contribution >= 0.6 is 0 Å². The molecule has 0 saturated carbocycles. The van der Waals surface area contributed by atoms with Crippen molar-refractivity contribution >= 4 is 17.5 Å². The summed E-state index contributed by atoms with van der Waals surface area (Å²) in [7, 11) is 0. The minimum atomic E-state index is -0.432. The molecule has 2 rings (SSSR count). The number of carbonyl (C=O) groups is 1. The van der Waals surface area contributed by atoms with Crippen LogP contribution in [0.4, 0.5) is 11.6 Å². The molecule has 0 unspecified atom stereocenters. The third-order valence-electron chi connectivity index (χ3n) is 3.03. The van der Waals surface area contributed by atoms with Crippen LogP contribution < -0.4 is 11.1 Å². The second kappa shape index (κ2) is 6.17. The highest BCUT2D eigenvalue weighted by atomic mass is 16.3. The van der Waals surface area contributed by atoms with Crippen LogP contribution in [0.25, 0.3) is 0 Å². The Bertz CT molecular complexity index is 672. The molecule has 0 aliphatic heterocycles. The lowest BCUT2D eigenvalue weighted by atomic mass is 10.2. The van der Waals surface area contributed by atoms with Crippen LogP contribution in [-0.4, -0.2) is 26.2 Å². The molecule has 4 N–H and O–H groups in total. The maximum atomic E-state index is 12.1. The summed E-state index contributed by atoms with van der Waals surface area (Å²) in [5, 5.41) is 20.0. The summed E-state index contributed by atoms with van der Waals surface area (Å²) in [6.45, 7) is 3.94. The largest absolute Gasteiger partial charge is 0.506 e. The molecule has 0 aliphatic rings. The van der Waals surface area contributed by atoms with Gasteiger partial charge in [-0.15, -0.1) is 10.2 Å². The second-order valence-electron chi connectivity index (χ2n) is 4.46.